The number of nitrogens with two attached hydrogens (primary N) is 1. The minimum absolute atomic E-state index is 0.00998. The molecule has 15 heavy (non-hydrogen) atoms. The quantitative estimate of drug-likeness (QED) is 0.543. The van der Waals surface area contributed by atoms with Crippen molar-refractivity contribution in [3.8, 4) is 0 Å². The average Bonchev–Trinajstić information content (AvgIpc) is 2.66. The number of H-pyrrole nitrogens is 1. The van der Waals surface area contributed by atoms with Gasteiger partial charge in [-0.15, -0.1) is 0 Å². The summed E-state index contributed by atoms with van der Waals surface area (Å²) in [6.45, 7) is -0.00998. The van der Waals surface area contributed by atoms with Crippen LogP contribution in [0.3, 0.4) is 0 Å². The zero-order valence-electron chi connectivity index (χ0n) is 8.22. The molecule has 0 spiro atoms. The minimum atomic E-state index is -0.300. The molecule has 2 rings (SSSR count). The molecular formula is C9H14N3O3+. The van der Waals surface area contributed by atoms with Crippen LogP contribution in [0.5, 0.6) is 0 Å². The fourth-order valence-electron chi connectivity index (χ4n) is 1.71. The molecule has 1 aliphatic rings. The van der Waals surface area contributed by atoms with Crippen LogP contribution in [0.15, 0.2) is 17.1 Å². The van der Waals surface area contributed by atoms with Gasteiger partial charge in [-0.25, -0.2) is 0 Å². The third-order valence-corrected chi connectivity index (χ3v) is 2.50. The van der Waals surface area contributed by atoms with Crippen LogP contribution in [0.4, 0.5) is 5.82 Å². The largest absolute Gasteiger partial charge is 0.499 e. The number of nitrogens with zero attached hydrogens (tertiary/aromatic N) is 1. The number of anilines is 1. The molecule has 1 aliphatic heterocycles. The third kappa shape index (κ3) is 2.00. The molecule has 1 aromatic rings. The van der Waals surface area contributed by atoms with E-state index >= 15 is 0 Å². The maximum atomic E-state index is 11.5. The van der Waals surface area contributed by atoms with Crippen molar-refractivity contribution < 1.29 is 14.4 Å². The Morgan fingerprint density at radius 2 is 2.47 bits per heavy atom. The lowest BCUT2D eigenvalue weighted by Crippen LogP contribution is -2.54. The molecule has 6 nitrogen and oxygen atoms in total. The molecule has 2 atom stereocenters. The van der Waals surface area contributed by atoms with Crippen molar-refractivity contribution in [1.29, 1.82) is 0 Å². The molecule has 0 aromatic carbocycles. The van der Waals surface area contributed by atoms with E-state index in [-0.39, 0.29) is 24.6 Å². The summed E-state index contributed by atoms with van der Waals surface area (Å²) in [6.07, 6.45) is 2.62. The van der Waals surface area contributed by atoms with Gasteiger partial charge < -0.3 is 15.6 Å². The average molecular weight is 212 g/mol. The van der Waals surface area contributed by atoms with E-state index < -0.39 is 0 Å². The Balaban J connectivity index is 2.20. The summed E-state index contributed by atoms with van der Waals surface area (Å²) in [5.41, 5.74) is 5.14. The number of aliphatic hydroxyl groups is 1. The lowest BCUT2D eigenvalue weighted by atomic mass is 10.2. The number of aromatic nitrogens is 2. The molecule has 6 heteroatoms. The molecule has 82 valence electrons. The molecular weight excluding hydrogens is 198 g/mol. The Kier molecular flexibility index (Phi) is 2.70. The SMILES string of the molecule is Nc1cc[n+]([C@H]2CC[C@@H](CO)O2)c(=O)[nH]1. The summed E-state index contributed by atoms with van der Waals surface area (Å²) in [7, 11) is 0. The van der Waals surface area contributed by atoms with Crippen molar-refractivity contribution >= 4 is 5.82 Å². The van der Waals surface area contributed by atoms with E-state index in [4.69, 9.17) is 15.6 Å². The summed E-state index contributed by atoms with van der Waals surface area (Å²) in [6, 6.07) is 1.61. The van der Waals surface area contributed by atoms with Crippen LogP contribution >= 0.6 is 0 Å². The van der Waals surface area contributed by atoms with Crippen LogP contribution in [-0.4, -0.2) is 22.8 Å². The Hall–Kier alpha value is -1.40. The third-order valence-electron chi connectivity index (χ3n) is 2.50. The van der Waals surface area contributed by atoms with Gasteiger partial charge in [0, 0.05) is 12.5 Å². The van der Waals surface area contributed by atoms with Gasteiger partial charge in [0.1, 0.15) is 6.20 Å². The highest BCUT2D eigenvalue weighted by molar-refractivity contribution is 5.21. The van der Waals surface area contributed by atoms with E-state index in [1.165, 1.54) is 4.57 Å². The highest BCUT2D eigenvalue weighted by Gasteiger charge is 2.30. The summed E-state index contributed by atoms with van der Waals surface area (Å²) < 4.78 is 6.92. The summed E-state index contributed by atoms with van der Waals surface area (Å²) >= 11 is 0. The van der Waals surface area contributed by atoms with Crippen molar-refractivity contribution in [3.63, 3.8) is 0 Å². The Bertz CT molecular complexity index is 404. The molecule has 0 radical (unpaired) electrons. The van der Waals surface area contributed by atoms with Crippen molar-refractivity contribution in [2.24, 2.45) is 0 Å². The lowest BCUT2D eigenvalue weighted by molar-refractivity contribution is -0.773. The monoisotopic (exact) mass is 212 g/mol. The molecule has 1 fully saturated rings. The van der Waals surface area contributed by atoms with Gasteiger partial charge >= 0.3 is 5.69 Å². The molecule has 4 N–H and O–H groups in total. The van der Waals surface area contributed by atoms with E-state index in [0.717, 1.165) is 12.8 Å². The molecule has 0 aliphatic carbocycles. The van der Waals surface area contributed by atoms with Gasteiger partial charge in [-0.05, 0) is 6.42 Å². The number of rotatable bonds is 2. The fourth-order valence-corrected chi connectivity index (χ4v) is 1.71. The van der Waals surface area contributed by atoms with Crippen LogP contribution in [0.1, 0.15) is 19.1 Å². The van der Waals surface area contributed by atoms with Crippen LogP contribution < -0.4 is 16.0 Å². The number of hydrogen-bond acceptors (Lipinski definition) is 4. The van der Waals surface area contributed by atoms with Crippen LogP contribution in [-0.2, 0) is 4.74 Å². The minimum Gasteiger partial charge on any atom is -0.394 e. The number of nitrogens with one attached hydrogen (secondary N) is 1. The lowest BCUT2D eigenvalue weighted by Gasteiger charge is -2.08. The van der Waals surface area contributed by atoms with Gasteiger partial charge in [0.25, 0.3) is 0 Å². The maximum Gasteiger partial charge on any atom is 0.499 e. The maximum absolute atomic E-state index is 11.5. The van der Waals surface area contributed by atoms with E-state index in [1.807, 2.05) is 0 Å². The zero-order valence-corrected chi connectivity index (χ0v) is 8.22. The highest BCUT2D eigenvalue weighted by atomic mass is 16.5. The molecule has 0 bridgehead atoms. The summed E-state index contributed by atoms with van der Waals surface area (Å²) in [4.78, 5) is 14.0. The predicted octanol–water partition coefficient (Wildman–Crippen LogP) is -1.09. The van der Waals surface area contributed by atoms with E-state index in [1.54, 1.807) is 12.3 Å². The Labute approximate surface area is 86.3 Å². The van der Waals surface area contributed by atoms with Crippen LogP contribution in [0.2, 0.25) is 0 Å². The second-order valence-corrected chi connectivity index (χ2v) is 3.58. The fraction of sp³-hybridized carbons (Fsp3) is 0.556. The van der Waals surface area contributed by atoms with Crippen LogP contribution in [0, 0.1) is 0 Å². The molecule has 0 amide bonds. The standard InChI is InChI=1S/C9H13N3O3/c10-7-3-4-12(9(14)11-7)8-2-1-6(5-13)15-8/h3-4,6,8,13H,1-2,5H2,(H2,10,11,14)/p+1/t6-,8+/m0/s1. The number of nitrogen functional groups attached to an aromatic ring is 1. The first-order valence-corrected chi connectivity index (χ1v) is 4.87. The molecule has 0 saturated carbocycles. The number of aromatic amines is 1. The number of aliphatic hydroxyl groups excluding tert-OH is 1. The smallest absolute Gasteiger partial charge is 0.394 e. The van der Waals surface area contributed by atoms with Crippen molar-refractivity contribution in [1.82, 2.24) is 4.98 Å². The van der Waals surface area contributed by atoms with Gasteiger partial charge in [-0.1, -0.05) is 0 Å². The van der Waals surface area contributed by atoms with Crippen molar-refractivity contribution in [2.75, 3.05) is 12.3 Å². The normalized spacial score (nSPS) is 25.7. The van der Waals surface area contributed by atoms with Gasteiger partial charge in [0.05, 0.1) is 12.7 Å². The first kappa shape index (κ1) is 10.1. The molecule has 1 saturated heterocycles. The van der Waals surface area contributed by atoms with Gasteiger partial charge in [-0.3, -0.25) is 0 Å². The second-order valence-electron chi connectivity index (χ2n) is 3.58. The van der Waals surface area contributed by atoms with E-state index in [9.17, 15) is 4.79 Å². The Morgan fingerprint density at radius 3 is 3.07 bits per heavy atom. The van der Waals surface area contributed by atoms with Gasteiger partial charge in [0.15, 0.2) is 5.82 Å². The molecule has 0 unspecified atom stereocenters. The Morgan fingerprint density at radius 1 is 1.67 bits per heavy atom. The topological polar surface area (TPSA) is 92.2 Å². The van der Waals surface area contributed by atoms with Gasteiger partial charge in [0.2, 0.25) is 6.23 Å². The molecule has 2 heterocycles. The van der Waals surface area contributed by atoms with Crippen molar-refractivity contribution in [3.05, 3.63) is 22.7 Å². The highest BCUT2D eigenvalue weighted by Crippen LogP contribution is 2.22. The molecule has 1 aromatic heterocycles. The van der Waals surface area contributed by atoms with E-state index in [0.29, 0.717) is 5.82 Å². The van der Waals surface area contributed by atoms with E-state index in [2.05, 4.69) is 4.98 Å². The predicted molar refractivity (Wildman–Crippen MR) is 51.9 cm³/mol. The number of hydrogen-bond donors (Lipinski definition) is 3. The van der Waals surface area contributed by atoms with Crippen molar-refractivity contribution in [2.45, 2.75) is 25.2 Å². The van der Waals surface area contributed by atoms with Gasteiger partial charge in [-0.2, -0.15) is 14.3 Å². The summed E-state index contributed by atoms with van der Waals surface area (Å²) in [5, 5.41) is 8.90. The zero-order chi connectivity index (χ0) is 10.8. The first-order chi connectivity index (χ1) is 7.20. The summed E-state index contributed by atoms with van der Waals surface area (Å²) in [5.74, 6) is 0.327. The second kappa shape index (κ2) is 4.00. The first-order valence-electron chi connectivity index (χ1n) is 4.87. The number of ether oxygens (including phenoxy) is 1. The van der Waals surface area contributed by atoms with Crippen LogP contribution in [0.25, 0.3) is 0 Å².